The molecule has 0 radical (unpaired) electrons. The van der Waals surface area contributed by atoms with E-state index in [2.05, 4.69) is 4.98 Å². The molecular formula is C20H15ClF2N2O2. The molecule has 1 amide bonds. The van der Waals surface area contributed by atoms with Crippen LogP contribution in [0.15, 0.2) is 48.7 Å². The maximum Gasteiger partial charge on any atom is 0.248 e. The fourth-order valence-electron chi connectivity index (χ4n) is 2.60. The fourth-order valence-corrected chi connectivity index (χ4v) is 2.71. The third kappa shape index (κ3) is 4.23. The second-order valence-electron chi connectivity index (χ2n) is 5.93. The highest BCUT2D eigenvalue weighted by Gasteiger charge is 2.11. The van der Waals surface area contributed by atoms with Gasteiger partial charge >= 0.3 is 0 Å². The van der Waals surface area contributed by atoms with E-state index in [1.165, 1.54) is 0 Å². The monoisotopic (exact) mass is 388 g/mol. The number of carbonyl (C=O) groups is 1. The minimum absolute atomic E-state index is 0.0365. The van der Waals surface area contributed by atoms with Gasteiger partial charge in [-0.3, -0.25) is 9.78 Å². The van der Waals surface area contributed by atoms with Gasteiger partial charge in [-0.2, -0.15) is 0 Å². The molecular weight excluding hydrogens is 374 g/mol. The predicted octanol–water partition coefficient (Wildman–Crippen LogP) is 4.67. The first-order chi connectivity index (χ1) is 12.8. The molecule has 2 N–H and O–H groups in total. The number of amides is 1. The van der Waals surface area contributed by atoms with Gasteiger partial charge in [-0.15, -0.1) is 0 Å². The Labute approximate surface area is 159 Å². The van der Waals surface area contributed by atoms with Crippen molar-refractivity contribution in [3.63, 3.8) is 0 Å². The summed E-state index contributed by atoms with van der Waals surface area (Å²) in [5.74, 6) is -2.22. The van der Waals surface area contributed by atoms with Crippen molar-refractivity contribution in [1.29, 1.82) is 0 Å². The van der Waals surface area contributed by atoms with Crippen LogP contribution in [0.5, 0.6) is 5.75 Å². The summed E-state index contributed by atoms with van der Waals surface area (Å²) in [5, 5.41) is -0.566. The zero-order valence-electron chi connectivity index (χ0n) is 14.3. The molecule has 0 spiro atoms. The highest BCUT2D eigenvalue weighted by molar-refractivity contribution is 6.30. The van der Waals surface area contributed by atoms with E-state index in [1.807, 2.05) is 6.07 Å². The third-order valence-electron chi connectivity index (χ3n) is 3.97. The number of pyridine rings is 1. The number of halogens is 3. The minimum atomic E-state index is -0.882. The predicted molar refractivity (Wildman–Crippen MR) is 98.6 cm³/mol. The maximum atomic E-state index is 13.5. The van der Waals surface area contributed by atoms with Crippen LogP contribution in [-0.4, -0.2) is 10.9 Å². The van der Waals surface area contributed by atoms with Crippen molar-refractivity contribution in [2.24, 2.45) is 5.73 Å². The summed E-state index contributed by atoms with van der Waals surface area (Å²) in [7, 11) is 0. The Morgan fingerprint density at radius 2 is 1.85 bits per heavy atom. The van der Waals surface area contributed by atoms with E-state index >= 15 is 0 Å². The van der Waals surface area contributed by atoms with Crippen LogP contribution in [0.1, 0.15) is 21.5 Å². The molecule has 0 unspecified atom stereocenters. The number of aromatic nitrogens is 1. The highest BCUT2D eigenvalue weighted by atomic mass is 35.5. The molecule has 0 saturated carbocycles. The summed E-state index contributed by atoms with van der Waals surface area (Å²) in [6.45, 7) is 1.88. The van der Waals surface area contributed by atoms with Crippen molar-refractivity contribution in [3.8, 4) is 17.0 Å². The zero-order valence-corrected chi connectivity index (χ0v) is 15.1. The molecule has 0 aliphatic carbocycles. The van der Waals surface area contributed by atoms with Crippen LogP contribution in [0, 0.1) is 18.6 Å². The largest absolute Gasteiger partial charge is 0.489 e. The molecule has 3 aromatic rings. The van der Waals surface area contributed by atoms with Crippen LogP contribution >= 0.6 is 11.6 Å². The average Bonchev–Trinajstić information content (AvgIpc) is 2.64. The number of ether oxygens (including phenoxy) is 1. The summed E-state index contributed by atoms with van der Waals surface area (Å²) in [6.07, 6.45) is 1.61. The number of carbonyl (C=O) groups excluding carboxylic acids is 1. The van der Waals surface area contributed by atoms with Crippen LogP contribution in [-0.2, 0) is 6.61 Å². The lowest BCUT2D eigenvalue weighted by Gasteiger charge is -2.10. The van der Waals surface area contributed by atoms with Crippen LogP contribution in [0.4, 0.5) is 8.78 Å². The van der Waals surface area contributed by atoms with Gasteiger partial charge in [-0.05, 0) is 42.3 Å². The van der Waals surface area contributed by atoms with E-state index in [4.69, 9.17) is 22.1 Å². The zero-order chi connectivity index (χ0) is 19.6. The van der Waals surface area contributed by atoms with Gasteiger partial charge in [0.05, 0.1) is 5.69 Å². The molecule has 3 rings (SSSR count). The molecule has 0 saturated heterocycles. The van der Waals surface area contributed by atoms with Gasteiger partial charge in [0.1, 0.15) is 29.0 Å². The Hall–Kier alpha value is -2.99. The number of nitrogens with two attached hydrogens (primary N) is 1. The first kappa shape index (κ1) is 18.8. The Kier molecular flexibility index (Phi) is 5.37. The van der Waals surface area contributed by atoms with Crippen LogP contribution in [0.2, 0.25) is 5.02 Å². The summed E-state index contributed by atoms with van der Waals surface area (Å²) >= 11 is 5.46. The lowest BCUT2D eigenvalue weighted by Crippen LogP contribution is -2.12. The molecule has 138 valence electrons. The van der Waals surface area contributed by atoms with E-state index < -0.39 is 22.6 Å². The molecule has 4 nitrogen and oxygen atoms in total. The van der Waals surface area contributed by atoms with Gasteiger partial charge < -0.3 is 10.5 Å². The first-order valence-electron chi connectivity index (χ1n) is 7.98. The fraction of sp³-hybridized carbons (Fsp3) is 0.100. The number of hydrogen-bond acceptors (Lipinski definition) is 3. The van der Waals surface area contributed by atoms with Crippen LogP contribution in [0.25, 0.3) is 11.3 Å². The van der Waals surface area contributed by atoms with Gasteiger partial charge in [-0.25, -0.2) is 8.78 Å². The van der Waals surface area contributed by atoms with E-state index in [-0.39, 0.29) is 12.4 Å². The number of nitrogens with zero attached hydrogens (tertiary/aromatic N) is 1. The topological polar surface area (TPSA) is 65.2 Å². The number of aryl methyl sites for hydroxylation is 1. The van der Waals surface area contributed by atoms with Crippen molar-refractivity contribution in [2.75, 3.05) is 0 Å². The van der Waals surface area contributed by atoms with Crippen molar-refractivity contribution >= 4 is 17.5 Å². The molecule has 1 aromatic heterocycles. The lowest BCUT2D eigenvalue weighted by molar-refractivity contribution is 0.0999. The minimum Gasteiger partial charge on any atom is -0.489 e. The summed E-state index contributed by atoms with van der Waals surface area (Å²) in [5.41, 5.74) is 8.75. The molecule has 1 heterocycles. The second kappa shape index (κ2) is 7.72. The Morgan fingerprint density at radius 1 is 1.15 bits per heavy atom. The molecule has 0 aliphatic rings. The molecule has 2 aromatic carbocycles. The summed E-state index contributed by atoms with van der Waals surface area (Å²) < 4.78 is 32.4. The summed E-state index contributed by atoms with van der Waals surface area (Å²) in [4.78, 5) is 15.7. The van der Waals surface area contributed by atoms with Gasteiger partial charge in [0, 0.05) is 29.5 Å². The highest BCUT2D eigenvalue weighted by Crippen LogP contribution is 2.26. The third-order valence-corrected chi connectivity index (χ3v) is 4.34. The SMILES string of the molecule is Cc1cc(-c2cc(COc3cc(F)c(Cl)c(F)c3)ccn2)ccc1C(N)=O. The van der Waals surface area contributed by atoms with E-state index in [0.29, 0.717) is 11.3 Å². The molecule has 0 atom stereocenters. The number of hydrogen-bond donors (Lipinski definition) is 1. The number of benzene rings is 2. The lowest BCUT2D eigenvalue weighted by atomic mass is 10.0. The Balaban J connectivity index is 1.80. The molecule has 0 bridgehead atoms. The maximum absolute atomic E-state index is 13.5. The standard InChI is InChI=1S/C20H15ClF2N2O2/c1-11-6-13(2-3-15(11)20(24)26)18-7-12(4-5-25-18)10-27-14-8-16(22)19(21)17(23)9-14/h2-9H,10H2,1H3,(H2,24,26). The van der Waals surface area contributed by atoms with E-state index in [0.717, 1.165) is 28.8 Å². The molecule has 7 heteroatoms. The van der Waals surface area contributed by atoms with E-state index in [9.17, 15) is 13.6 Å². The molecule has 0 fully saturated rings. The normalized spacial score (nSPS) is 10.7. The molecule has 27 heavy (non-hydrogen) atoms. The Bertz CT molecular complexity index is 1000. The van der Waals surface area contributed by atoms with Crippen molar-refractivity contribution < 1.29 is 18.3 Å². The van der Waals surface area contributed by atoms with Crippen molar-refractivity contribution in [2.45, 2.75) is 13.5 Å². The Morgan fingerprint density at radius 3 is 2.48 bits per heavy atom. The van der Waals surface area contributed by atoms with Gasteiger partial charge in [0.15, 0.2) is 0 Å². The molecule has 0 aliphatic heterocycles. The summed E-state index contributed by atoms with van der Waals surface area (Å²) in [6, 6.07) is 10.8. The first-order valence-corrected chi connectivity index (χ1v) is 8.36. The smallest absolute Gasteiger partial charge is 0.248 e. The van der Waals surface area contributed by atoms with Crippen molar-refractivity contribution in [3.05, 3.63) is 82.0 Å². The average molecular weight is 389 g/mol. The number of primary amides is 1. The van der Waals surface area contributed by atoms with Crippen LogP contribution in [0.3, 0.4) is 0 Å². The van der Waals surface area contributed by atoms with Crippen LogP contribution < -0.4 is 10.5 Å². The second-order valence-corrected chi connectivity index (χ2v) is 6.31. The van der Waals surface area contributed by atoms with Gasteiger partial charge in [0.2, 0.25) is 5.91 Å². The van der Waals surface area contributed by atoms with Gasteiger partial charge in [0.25, 0.3) is 0 Å². The van der Waals surface area contributed by atoms with Crippen molar-refractivity contribution in [1.82, 2.24) is 4.98 Å². The van der Waals surface area contributed by atoms with Gasteiger partial charge in [-0.1, -0.05) is 17.7 Å². The number of rotatable bonds is 5. The van der Waals surface area contributed by atoms with E-state index in [1.54, 1.807) is 37.4 Å². The quantitative estimate of drug-likeness (QED) is 0.646.